The Balaban J connectivity index is 1.37. The maximum Gasteiger partial charge on any atom is 0.203 e. The Morgan fingerprint density at radius 1 is 1.17 bits per heavy atom. The van der Waals surface area contributed by atoms with E-state index in [2.05, 4.69) is 61.7 Å². The van der Waals surface area contributed by atoms with E-state index in [1.807, 2.05) is 30.5 Å². The Labute approximate surface area is 181 Å². The lowest BCUT2D eigenvalue weighted by Gasteiger charge is -2.36. The van der Waals surface area contributed by atoms with E-state index in [0.29, 0.717) is 5.56 Å². The Bertz CT molecular complexity index is 1050. The van der Waals surface area contributed by atoms with Crippen LogP contribution in [-0.4, -0.2) is 42.3 Å². The molecule has 1 aliphatic heterocycles. The molecule has 0 unspecified atom stereocenters. The molecule has 6 nitrogen and oxygen atoms in total. The topological polar surface area (TPSA) is 67.6 Å². The summed E-state index contributed by atoms with van der Waals surface area (Å²) < 4.78 is 0. The minimum Gasteiger partial charge on any atom is -0.368 e. The zero-order valence-corrected chi connectivity index (χ0v) is 17.8. The molecule has 2 aromatic carbocycles. The molecule has 0 amide bonds. The van der Waals surface area contributed by atoms with Crippen molar-refractivity contribution in [2.75, 3.05) is 36.5 Å². The molecule has 7 heteroatoms. The second kappa shape index (κ2) is 9.53. The van der Waals surface area contributed by atoms with E-state index in [1.165, 1.54) is 16.9 Å². The van der Waals surface area contributed by atoms with Crippen molar-refractivity contribution in [2.45, 2.75) is 13.5 Å². The molecule has 0 aliphatic carbocycles. The van der Waals surface area contributed by atoms with Crippen LogP contribution in [0.4, 0.5) is 10.8 Å². The summed E-state index contributed by atoms with van der Waals surface area (Å²) in [6.45, 7) is 6.73. The maximum absolute atomic E-state index is 9.67. The first-order valence-corrected chi connectivity index (χ1v) is 10.9. The van der Waals surface area contributed by atoms with Crippen LogP contribution in [0.15, 0.2) is 59.0 Å². The Morgan fingerprint density at radius 3 is 2.67 bits per heavy atom. The summed E-state index contributed by atoms with van der Waals surface area (Å²) in [5, 5.41) is 16.6. The van der Waals surface area contributed by atoms with E-state index in [-0.39, 0.29) is 0 Å². The predicted molar refractivity (Wildman–Crippen MR) is 123 cm³/mol. The molecule has 1 N–H and O–H groups in total. The highest BCUT2D eigenvalue weighted by Gasteiger charge is 2.19. The zero-order chi connectivity index (χ0) is 20.8. The summed E-state index contributed by atoms with van der Waals surface area (Å²) in [5.41, 5.74) is 7.81. The molecular weight excluding hydrogens is 392 g/mol. The van der Waals surface area contributed by atoms with Crippen LogP contribution in [0, 0.1) is 18.3 Å². The SMILES string of the molecule is Cc1csc(NN=Cc2ccc(N3CCN(Cc4ccccc4)CC3)c(C#N)c2)n1. The van der Waals surface area contributed by atoms with Crippen molar-refractivity contribution in [1.29, 1.82) is 5.26 Å². The van der Waals surface area contributed by atoms with E-state index >= 15 is 0 Å². The third kappa shape index (κ3) is 5.03. The average Bonchev–Trinajstić information content (AvgIpc) is 3.20. The summed E-state index contributed by atoms with van der Waals surface area (Å²) in [6.07, 6.45) is 1.72. The first-order chi connectivity index (χ1) is 14.7. The van der Waals surface area contributed by atoms with Gasteiger partial charge < -0.3 is 4.90 Å². The largest absolute Gasteiger partial charge is 0.368 e. The first-order valence-electron chi connectivity index (χ1n) is 9.98. The number of nitrogens with one attached hydrogen (secondary N) is 1. The quantitative estimate of drug-likeness (QED) is 0.484. The number of nitrogens with zero attached hydrogens (tertiary/aromatic N) is 5. The fourth-order valence-electron chi connectivity index (χ4n) is 3.56. The number of anilines is 2. The van der Waals surface area contributed by atoms with Gasteiger partial charge in [0.25, 0.3) is 0 Å². The Morgan fingerprint density at radius 2 is 1.97 bits per heavy atom. The number of hydrogen-bond acceptors (Lipinski definition) is 7. The molecular formula is C23H24N6S. The summed E-state index contributed by atoms with van der Waals surface area (Å²) in [5.74, 6) is 0. The van der Waals surface area contributed by atoms with Crippen LogP contribution in [0.2, 0.25) is 0 Å². The molecule has 0 saturated carbocycles. The number of hydrazone groups is 1. The summed E-state index contributed by atoms with van der Waals surface area (Å²) in [7, 11) is 0. The van der Waals surface area contributed by atoms with Crippen LogP contribution in [0.5, 0.6) is 0 Å². The molecule has 2 heterocycles. The monoisotopic (exact) mass is 416 g/mol. The minimum atomic E-state index is 0.681. The Hall–Kier alpha value is -3.21. The van der Waals surface area contributed by atoms with Crippen LogP contribution in [0.1, 0.15) is 22.4 Å². The molecule has 1 aliphatic rings. The minimum absolute atomic E-state index is 0.681. The van der Waals surface area contributed by atoms with E-state index in [1.54, 1.807) is 6.21 Å². The van der Waals surface area contributed by atoms with Gasteiger partial charge in [-0.15, -0.1) is 11.3 Å². The standard InChI is InChI=1S/C23H24N6S/c1-18-17-30-23(26-18)27-25-15-20-7-8-22(21(13-20)14-24)29-11-9-28(10-12-29)16-19-5-3-2-4-6-19/h2-8,13,15,17H,9-12,16H2,1H3,(H,26,27). The van der Waals surface area contributed by atoms with Gasteiger partial charge in [0.1, 0.15) is 6.07 Å². The zero-order valence-electron chi connectivity index (χ0n) is 17.0. The molecule has 1 saturated heterocycles. The lowest BCUT2D eigenvalue weighted by Crippen LogP contribution is -2.46. The number of rotatable bonds is 6. The molecule has 30 heavy (non-hydrogen) atoms. The third-order valence-corrected chi connectivity index (χ3v) is 5.96. The lowest BCUT2D eigenvalue weighted by molar-refractivity contribution is 0.250. The Kier molecular flexibility index (Phi) is 6.38. The van der Waals surface area contributed by atoms with Crippen molar-refractivity contribution < 1.29 is 0 Å². The maximum atomic E-state index is 9.67. The smallest absolute Gasteiger partial charge is 0.203 e. The van der Waals surface area contributed by atoms with Crippen molar-refractivity contribution in [2.24, 2.45) is 5.10 Å². The molecule has 1 fully saturated rings. The normalized spacial score (nSPS) is 14.7. The highest BCUT2D eigenvalue weighted by molar-refractivity contribution is 7.13. The van der Waals surface area contributed by atoms with Crippen LogP contribution in [-0.2, 0) is 6.54 Å². The predicted octanol–water partition coefficient (Wildman–Crippen LogP) is 4.09. The highest BCUT2D eigenvalue weighted by Crippen LogP contribution is 2.23. The van der Waals surface area contributed by atoms with Gasteiger partial charge >= 0.3 is 0 Å². The molecule has 0 radical (unpaired) electrons. The summed E-state index contributed by atoms with van der Waals surface area (Å²) in [6, 6.07) is 18.8. The number of hydrogen-bond donors (Lipinski definition) is 1. The van der Waals surface area contributed by atoms with Crippen LogP contribution >= 0.6 is 11.3 Å². The second-order valence-corrected chi connectivity index (χ2v) is 8.16. The van der Waals surface area contributed by atoms with E-state index in [9.17, 15) is 5.26 Å². The average molecular weight is 417 g/mol. The van der Waals surface area contributed by atoms with Crippen molar-refractivity contribution in [3.63, 3.8) is 0 Å². The second-order valence-electron chi connectivity index (χ2n) is 7.30. The third-order valence-electron chi connectivity index (χ3n) is 5.10. The number of thiazole rings is 1. The van der Waals surface area contributed by atoms with Crippen molar-refractivity contribution in [3.05, 3.63) is 76.3 Å². The lowest BCUT2D eigenvalue weighted by atomic mass is 10.1. The van der Waals surface area contributed by atoms with Gasteiger partial charge in [-0.25, -0.2) is 4.98 Å². The van der Waals surface area contributed by atoms with Crippen LogP contribution in [0.25, 0.3) is 0 Å². The van der Waals surface area contributed by atoms with Crippen LogP contribution in [0.3, 0.4) is 0 Å². The molecule has 152 valence electrons. The van der Waals surface area contributed by atoms with Crippen LogP contribution < -0.4 is 10.3 Å². The number of aryl methyl sites for hydroxylation is 1. The van der Waals surface area contributed by atoms with Crippen molar-refractivity contribution in [3.8, 4) is 6.07 Å². The van der Waals surface area contributed by atoms with Gasteiger partial charge in [0, 0.05) is 38.1 Å². The molecule has 3 aromatic rings. The molecule has 0 atom stereocenters. The van der Waals surface area contributed by atoms with Gasteiger partial charge in [0.2, 0.25) is 5.13 Å². The summed E-state index contributed by atoms with van der Waals surface area (Å²) in [4.78, 5) is 9.08. The van der Waals surface area contributed by atoms with Gasteiger partial charge in [-0.3, -0.25) is 10.3 Å². The van der Waals surface area contributed by atoms with Gasteiger partial charge in [0.15, 0.2) is 0 Å². The van der Waals surface area contributed by atoms with Gasteiger partial charge in [0.05, 0.1) is 23.2 Å². The summed E-state index contributed by atoms with van der Waals surface area (Å²) >= 11 is 1.52. The van der Waals surface area contributed by atoms with Crippen molar-refractivity contribution in [1.82, 2.24) is 9.88 Å². The molecule has 0 spiro atoms. The van der Waals surface area contributed by atoms with Gasteiger partial charge in [-0.1, -0.05) is 36.4 Å². The van der Waals surface area contributed by atoms with E-state index in [4.69, 9.17) is 0 Å². The first kappa shape index (κ1) is 20.1. The fraction of sp³-hybridized carbons (Fsp3) is 0.261. The van der Waals surface area contributed by atoms with Gasteiger partial charge in [-0.2, -0.15) is 10.4 Å². The number of nitriles is 1. The van der Waals surface area contributed by atoms with E-state index in [0.717, 1.165) is 54.8 Å². The van der Waals surface area contributed by atoms with Crippen molar-refractivity contribution >= 4 is 28.4 Å². The van der Waals surface area contributed by atoms with Gasteiger partial charge in [-0.05, 0) is 30.2 Å². The number of piperazine rings is 1. The molecule has 0 bridgehead atoms. The molecule has 4 rings (SSSR count). The molecule has 1 aromatic heterocycles. The number of benzene rings is 2. The fourth-order valence-corrected chi connectivity index (χ4v) is 4.19. The van der Waals surface area contributed by atoms with E-state index < -0.39 is 0 Å². The number of aromatic nitrogens is 1. The highest BCUT2D eigenvalue weighted by atomic mass is 32.1.